The predicted octanol–water partition coefficient (Wildman–Crippen LogP) is 2.48. The molecular formula is C12H12ClN3O. The second kappa shape index (κ2) is 5.01. The molecule has 0 spiro atoms. The quantitative estimate of drug-likeness (QED) is 0.909. The van der Waals surface area contributed by atoms with Crippen LogP contribution in [0.25, 0.3) is 0 Å². The smallest absolute Gasteiger partial charge is 0.244 e. The average Bonchev–Trinajstić information content (AvgIpc) is 2.68. The minimum absolute atomic E-state index is 0.126. The Bertz CT molecular complexity index is 536. The first-order valence-corrected chi connectivity index (χ1v) is 5.57. The van der Waals surface area contributed by atoms with E-state index in [9.17, 15) is 4.79 Å². The molecule has 1 amide bonds. The first-order chi connectivity index (χ1) is 8.16. The monoisotopic (exact) mass is 249 g/mol. The van der Waals surface area contributed by atoms with Crippen molar-refractivity contribution >= 4 is 23.2 Å². The van der Waals surface area contributed by atoms with Crippen LogP contribution in [0.4, 0.5) is 5.69 Å². The van der Waals surface area contributed by atoms with Gasteiger partial charge >= 0.3 is 0 Å². The van der Waals surface area contributed by atoms with Crippen molar-refractivity contribution in [3.8, 4) is 0 Å². The predicted molar refractivity (Wildman–Crippen MR) is 67.0 cm³/mol. The minimum Gasteiger partial charge on any atom is -0.324 e. The summed E-state index contributed by atoms with van der Waals surface area (Å²) in [7, 11) is 0. The van der Waals surface area contributed by atoms with Gasteiger partial charge in [0.05, 0.1) is 0 Å². The molecule has 0 aliphatic rings. The molecule has 0 fully saturated rings. The highest BCUT2D eigenvalue weighted by Crippen LogP contribution is 2.13. The Hall–Kier alpha value is -1.81. The molecule has 2 aromatic rings. The van der Waals surface area contributed by atoms with Gasteiger partial charge in [-0.25, -0.2) is 4.98 Å². The normalized spacial score (nSPS) is 10.2. The molecule has 88 valence electrons. The zero-order chi connectivity index (χ0) is 12.3. The van der Waals surface area contributed by atoms with Crippen molar-refractivity contribution in [3.05, 3.63) is 47.5 Å². The van der Waals surface area contributed by atoms with E-state index in [-0.39, 0.29) is 12.5 Å². The van der Waals surface area contributed by atoms with Gasteiger partial charge in [-0.2, -0.15) is 0 Å². The number of amides is 1. The number of carbonyl (C=O) groups excluding carboxylic acids is 1. The summed E-state index contributed by atoms with van der Waals surface area (Å²) in [6, 6.07) is 7.62. The van der Waals surface area contributed by atoms with E-state index in [1.54, 1.807) is 17.0 Å². The Kier molecular flexibility index (Phi) is 3.44. The number of rotatable bonds is 3. The summed E-state index contributed by atoms with van der Waals surface area (Å²) < 4.78 is 1.58. The third kappa shape index (κ3) is 2.85. The molecular weight excluding hydrogens is 238 g/mol. The first kappa shape index (κ1) is 11.7. The lowest BCUT2D eigenvalue weighted by atomic mass is 10.2. The van der Waals surface area contributed by atoms with Crippen molar-refractivity contribution in [1.29, 1.82) is 0 Å². The summed E-state index contributed by atoms with van der Waals surface area (Å²) in [4.78, 5) is 15.6. The zero-order valence-corrected chi connectivity index (χ0v) is 10.1. The van der Waals surface area contributed by atoms with Gasteiger partial charge in [0.25, 0.3) is 0 Å². The van der Waals surface area contributed by atoms with E-state index in [0.717, 1.165) is 11.3 Å². The Labute approximate surface area is 104 Å². The van der Waals surface area contributed by atoms with Gasteiger partial charge < -0.3 is 9.88 Å². The molecule has 2 rings (SSSR count). The highest BCUT2D eigenvalue weighted by Gasteiger charge is 2.07. The lowest BCUT2D eigenvalue weighted by Crippen LogP contribution is -2.18. The van der Waals surface area contributed by atoms with Crippen molar-refractivity contribution in [2.24, 2.45) is 0 Å². The standard InChI is InChI=1S/C12H12ClN3O/c1-9-4-2-3-5-10(9)15-11(17)8-16-7-6-14-12(16)13/h2-7H,8H2,1H3,(H,15,17). The molecule has 5 heteroatoms. The average molecular weight is 250 g/mol. The fraction of sp³-hybridized carbons (Fsp3) is 0.167. The van der Waals surface area contributed by atoms with E-state index in [1.165, 1.54) is 0 Å². The SMILES string of the molecule is Cc1ccccc1NC(=O)Cn1ccnc1Cl. The van der Waals surface area contributed by atoms with E-state index in [0.29, 0.717) is 5.28 Å². The number of imidazole rings is 1. The summed E-state index contributed by atoms with van der Waals surface area (Å²) in [5, 5.41) is 3.14. The van der Waals surface area contributed by atoms with Crippen molar-refractivity contribution in [2.45, 2.75) is 13.5 Å². The number of anilines is 1. The highest BCUT2D eigenvalue weighted by atomic mass is 35.5. The van der Waals surface area contributed by atoms with Crippen LogP contribution in [0.3, 0.4) is 0 Å². The first-order valence-electron chi connectivity index (χ1n) is 5.19. The molecule has 0 atom stereocenters. The van der Waals surface area contributed by atoms with Gasteiger partial charge in [0.2, 0.25) is 11.2 Å². The van der Waals surface area contributed by atoms with E-state index in [4.69, 9.17) is 11.6 Å². The zero-order valence-electron chi connectivity index (χ0n) is 9.35. The minimum atomic E-state index is -0.126. The lowest BCUT2D eigenvalue weighted by Gasteiger charge is -2.08. The third-order valence-electron chi connectivity index (χ3n) is 2.40. The number of carbonyl (C=O) groups is 1. The fourth-order valence-electron chi connectivity index (χ4n) is 1.49. The van der Waals surface area contributed by atoms with Gasteiger partial charge in [-0.05, 0) is 30.2 Å². The number of hydrogen-bond donors (Lipinski definition) is 1. The number of hydrogen-bond acceptors (Lipinski definition) is 2. The number of aryl methyl sites for hydroxylation is 1. The van der Waals surface area contributed by atoms with Gasteiger partial charge in [-0.3, -0.25) is 4.79 Å². The van der Waals surface area contributed by atoms with Gasteiger partial charge in [-0.15, -0.1) is 0 Å². The van der Waals surface area contributed by atoms with Crippen LogP contribution < -0.4 is 5.32 Å². The summed E-state index contributed by atoms with van der Waals surface area (Å²) in [5.74, 6) is -0.126. The van der Waals surface area contributed by atoms with Crippen LogP contribution in [0, 0.1) is 6.92 Å². The van der Waals surface area contributed by atoms with Crippen molar-refractivity contribution in [1.82, 2.24) is 9.55 Å². The van der Waals surface area contributed by atoms with Crippen LogP contribution in [0.1, 0.15) is 5.56 Å². The van der Waals surface area contributed by atoms with Crippen LogP contribution in [0.15, 0.2) is 36.7 Å². The molecule has 4 nitrogen and oxygen atoms in total. The molecule has 0 saturated heterocycles. The van der Waals surface area contributed by atoms with Crippen LogP contribution in [-0.2, 0) is 11.3 Å². The molecule has 0 bridgehead atoms. The summed E-state index contributed by atoms with van der Waals surface area (Å²) in [6.45, 7) is 2.10. The molecule has 1 heterocycles. The van der Waals surface area contributed by atoms with E-state index < -0.39 is 0 Å². The van der Waals surface area contributed by atoms with Gasteiger partial charge in [0.15, 0.2) is 0 Å². The number of para-hydroxylation sites is 1. The van der Waals surface area contributed by atoms with E-state index in [1.807, 2.05) is 31.2 Å². The summed E-state index contributed by atoms with van der Waals surface area (Å²) >= 11 is 5.79. The second-order valence-electron chi connectivity index (χ2n) is 3.69. The number of nitrogens with one attached hydrogen (secondary N) is 1. The molecule has 1 aromatic carbocycles. The summed E-state index contributed by atoms with van der Waals surface area (Å²) in [6.07, 6.45) is 3.23. The maximum absolute atomic E-state index is 11.8. The Morgan fingerprint density at radius 2 is 2.24 bits per heavy atom. The number of benzene rings is 1. The van der Waals surface area contributed by atoms with Crippen LogP contribution >= 0.6 is 11.6 Å². The molecule has 0 aliphatic carbocycles. The summed E-state index contributed by atoms with van der Waals surface area (Å²) in [5.41, 5.74) is 1.84. The number of aromatic nitrogens is 2. The van der Waals surface area contributed by atoms with Crippen molar-refractivity contribution in [2.75, 3.05) is 5.32 Å². The van der Waals surface area contributed by atoms with E-state index >= 15 is 0 Å². The maximum atomic E-state index is 11.8. The van der Waals surface area contributed by atoms with Crippen LogP contribution in [-0.4, -0.2) is 15.5 Å². The number of halogens is 1. The molecule has 0 aliphatic heterocycles. The van der Waals surface area contributed by atoms with E-state index in [2.05, 4.69) is 10.3 Å². The Morgan fingerprint density at radius 3 is 2.88 bits per heavy atom. The molecule has 17 heavy (non-hydrogen) atoms. The topological polar surface area (TPSA) is 46.9 Å². The molecule has 0 saturated carbocycles. The second-order valence-corrected chi connectivity index (χ2v) is 4.03. The Morgan fingerprint density at radius 1 is 1.47 bits per heavy atom. The molecule has 0 radical (unpaired) electrons. The van der Waals surface area contributed by atoms with Crippen molar-refractivity contribution in [3.63, 3.8) is 0 Å². The molecule has 1 aromatic heterocycles. The van der Waals surface area contributed by atoms with Gasteiger partial charge in [-0.1, -0.05) is 18.2 Å². The molecule has 1 N–H and O–H groups in total. The van der Waals surface area contributed by atoms with Gasteiger partial charge in [0.1, 0.15) is 6.54 Å². The molecule has 0 unspecified atom stereocenters. The largest absolute Gasteiger partial charge is 0.324 e. The van der Waals surface area contributed by atoms with Crippen LogP contribution in [0.2, 0.25) is 5.28 Å². The highest BCUT2D eigenvalue weighted by molar-refractivity contribution is 6.28. The van der Waals surface area contributed by atoms with Crippen LogP contribution in [0.5, 0.6) is 0 Å². The lowest BCUT2D eigenvalue weighted by molar-refractivity contribution is -0.116. The maximum Gasteiger partial charge on any atom is 0.244 e. The third-order valence-corrected chi connectivity index (χ3v) is 2.71. The Balaban J connectivity index is 2.03. The fourth-order valence-corrected chi connectivity index (χ4v) is 1.66. The number of nitrogens with zero attached hydrogens (tertiary/aromatic N) is 2. The van der Waals surface area contributed by atoms with Crippen molar-refractivity contribution < 1.29 is 4.79 Å². The van der Waals surface area contributed by atoms with Gasteiger partial charge in [0, 0.05) is 18.1 Å².